The SMILES string of the molecule is N=C(N)NCCC[C@H](NC(=O)c1ccccc1Cl)C(=O)NC(Cc1ccccc1)C(N)=O.O=C(O)C(F)(F)F. The van der Waals surface area contributed by atoms with Crippen molar-refractivity contribution >= 4 is 41.3 Å². The van der Waals surface area contributed by atoms with Crippen LogP contribution in [0.4, 0.5) is 13.2 Å². The van der Waals surface area contributed by atoms with E-state index in [9.17, 15) is 27.6 Å². The van der Waals surface area contributed by atoms with Gasteiger partial charge in [-0.05, 0) is 30.5 Å². The van der Waals surface area contributed by atoms with Gasteiger partial charge in [0, 0.05) is 13.0 Å². The number of amides is 3. The summed E-state index contributed by atoms with van der Waals surface area (Å²) in [6.07, 6.45) is -4.20. The molecule has 2 aromatic carbocycles. The number of benzene rings is 2. The van der Waals surface area contributed by atoms with Gasteiger partial charge >= 0.3 is 12.1 Å². The number of carbonyl (C=O) groups excluding carboxylic acids is 3. The van der Waals surface area contributed by atoms with Crippen LogP contribution in [0.5, 0.6) is 0 Å². The van der Waals surface area contributed by atoms with Crippen LogP contribution >= 0.6 is 11.6 Å². The molecule has 11 nitrogen and oxygen atoms in total. The third kappa shape index (κ3) is 12.6. The molecule has 0 aromatic heterocycles. The summed E-state index contributed by atoms with van der Waals surface area (Å²) in [6, 6.07) is 13.7. The maximum atomic E-state index is 13.0. The Balaban J connectivity index is 0.000000956. The predicted octanol–water partition coefficient (Wildman–Crippen LogP) is 1.55. The minimum absolute atomic E-state index is 0.192. The lowest BCUT2D eigenvalue weighted by atomic mass is 10.0. The van der Waals surface area contributed by atoms with E-state index in [2.05, 4.69) is 16.0 Å². The number of carbonyl (C=O) groups is 4. The number of halogens is 4. The fourth-order valence-electron chi connectivity index (χ4n) is 3.02. The van der Waals surface area contributed by atoms with Crippen LogP contribution in [-0.2, 0) is 20.8 Å². The molecule has 0 fully saturated rings. The largest absolute Gasteiger partial charge is 0.490 e. The zero-order valence-corrected chi connectivity index (χ0v) is 21.2. The maximum Gasteiger partial charge on any atom is 0.490 e. The van der Waals surface area contributed by atoms with Crippen LogP contribution in [0.2, 0.25) is 5.02 Å². The zero-order valence-electron chi connectivity index (χ0n) is 20.4. The van der Waals surface area contributed by atoms with Crippen molar-refractivity contribution < 1.29 is 37.5 Å². The van der Waals surface area contributed by atoms with Crippen LogP contribution in [0, 0.1) is 5.41 Å². The van der Waals surface area contributed by atoms with Crippen molar-refractivity contribution in [3.63, 3.8) is 0 Å². The molecule has 3 amide bonds. The molecule has 0 heterocycles. The Kier molecular flexibility index (Phi) is 13.3. The van der Waals surface area contributed by atoms with E-state index in [0.29, 0.717) is 13.0 Å². The van der Waals surface area contributed by atoms with Crippen LogP contribution in [0.15, 0.2) is 54.6 Å². The zero-order chi connectivity index (χ0) is 29.6. The topological polar surface area (TPSA) is 200 Å². The first-order chi connectivity index (χ1) is 18.2. The Labute approximate surface area is 226 Å². The number of aliphatic carboxylic acids is 1. The smallest absolute Gasteiger partial charge is 0.475 e. The molecule has 0 saturated heterocycles. The van der Waals surface area contributed by atoms with Crippen molar-refractivity contribution in [2.45, 2.75) is 37.5 Å². The fraction of sp³-hybridized carbons (Fsp3) is 0.292. The van der Waals surface area contributed by atoms with Gasteiger partial charge in [0.2, 0.25) is 11.8 Å². The van der Waals surface area contributed by atoms with Crippen molar-refractivity contribution in [1.29, 1.82) is 5.41 Å². The summed E-state index contributed by atoms with van der Waals surface area (Å²) in [7, 11) is 0. The number of guanidine groups is 1. The third-order valence-electron chi connectivity index (χ3n) is 4.91. The Morgan fingerprint density at radius 2 is 1.51 bits per heavy atom. The Morgan fingerprint density at radius 3 is 2.03 bits per heavy atom. The van der Waals surface area contributed by atoms with Gasteiger partial charge in [-0.2, -0.15) is 13.2 Å². The molecular weight excluding hydrogens is 545 g/mol. The number of primary amides is 1. The standard InChI is InChI=1S/C22H27ClN6O3.C2HF3O2/c23-16-10-5-4-9-15(16)20(31)28-17(11-6-12-27-22(25)26)21(32)29-18(19(24)30)13-14-7-2-1-3-8-14;3-2(4,5)1(6)7/h1-5,7-10,17-18H,6,11-13H2,(H2,24,30)(H,28,31)(H,29,32)(H4,25,26,27);(H,6,7)/t17-,18?;/m0./s1. The number of nitrogens with one attached hydrogen (secondary N) is 4. The number of alkyl halides is 3. The van der Waals surface area contributed by atoms with Gasteiger partial charge in [0.15, 0.2) is 5.96 Å². The summed E-state index contributed by atoms with van der Waals surface area (Å²) in [5, 5.41) is 22.5. The number of nitrogens with two attached hydrogens (primary N) is 2. The normalized spacial score (nSPS) is 12.1. The Hall–Kier alpha value is -4.33. The molecule has 0 saturated carbocycles. The number of hydrogen-bond donors (Lipinski definition) is 7. The highest BCUT2D eigenvalue weighted by Gasteiger charge is 2.38. The van der Waals surface area contributed by atoms with Crippen LogP contribution in [0.3, 0.4) is 0 Å². The highest BCUT2D eigenvalue weighted by atomic mass is 35.5. The highest BCUT2D eigenvalue weighted by Crippen LogP contribution is 2.15. The average Bonchev–Trinajstić information content (AvgIpc) is 2.85. The van der Waals surface area contributed by atoms with E-state index in [1.807, 2.05) is 30.3 Å². The molecule has 212 valence electrons. The minimum Gasteiger partial charge on any atom is -0.475 e. The van der Waals surface area contributed by atoms with Crippen LogP contribution in [0.25, 0.3) is 0 Å². The molecule has 0 aliphatic rings. The van der Waals surface area contributed by atoms with E-state index in [1.54, 1.807) is 24.3 Å². The first-order valence-corrected chi connectivity index (χ1v) is 11.7. The van der Waals surface area contributed by atoms with Gasteiger partial charge in [0.05, 0.1) is 10.6 Å². The molecule has 2 rings (SSSR count). The van der Waals surface area contributed by atoms with E-state index in [0.717, 1.165) is 5.56 Å². The number of rotatable bonds is 11. The molecular formula is C24H28ClF3N6O5. The Morgan fingerprint density at radius 1 is 0.949 bits per heavy atom. The van der Waals surface area contributed by atoms with E-state index in [-0.39, 0.29) is 29.4 Å². The van der Waals surface area contributed by atoms with Crippen LogP contribution < -0.4 is 27.4 Å². The second-order valence-corrected chi connectivity index (χ2v) is 8.35. The molecule has 1 unspecified atom stereocenters. The van der Waals surface area contributed by atoms with Gasteiger partial charge < -0.3 is 32.5 Å². The molecule has 2 aromatic rings. The van der Waals surface area contributed by atoms with Gasteiger partial charge in [-0.25, -0.2) is 4.79 Å². The highest BCUT2D eigenvalue weighted by molar-refractivity contribution is 6.33. The van der Waals surface area contributed by atoms with E-state index in [1.165, 1.54) is 0 Å². The van der Waals surface area contributed by atoms with Gasteiger partial charge in [0.1, 0.15) is 12.1 Å². The lowest BCUT2D eigenvalue weighted by molar-refractivity contribution is -0.192. The third-order valence-corrected chi connectivity index (χ3v) is 5.24. The van der Waals surface area contributed by atoms with Crippen molar-refractivity contribution in [3.8, 4) is 0 Å². The molecule has 9 N–H and O–H groups in total. The lowest BCUT2D eigenvalue weighted by Crippen LogP contribution is -2.53. The van der Waals surface area contributed by atoms with Crippen LogP contribution in [0.1, 0.15) is 28.8 Å². The summed E-state index contributed by atoms with van der Waals surface area (Å²) in [4.78, 5) is 46.5. The number of carboxylic acids is 1. The van der Waals surface area contributed by atoms with Gasteiger partial charge in [0.25, 0.3) is 5.91 Å². The maximum absolute atomic E-state index is 13.0. The molecule has 0 aliphatic heterocycles. The molecule has 0 radical (unpaired) electrons. The second kappa shape index (κ2) is 15.8. The molecule has 2 atom stereocenters. The molecule has 0 spiro atoms. The monoisotopic (exact) mass is 572 g/mol. The van der Waals surface area contributed by atoms with E-state index < -0.39 is 42.0 Å². The first-order valence-electron chi connectivity index (χ1n) is 11.3. The van der Waals surface area contributed by atoms with E-state index >= 15 is 0 Å². The van der Waals surface area contributed by atoms with E-state index in [4.69, 9.17) is 38.4 Å². The summed E-state index contributed by atoms with van der Waals surface area (Å²) in [6.45, 7) is 0.338. The quantitative estimate of drug-likeness (QED) is 0.120. The Bertz CT molecular complexity index is 1150. The van der Waals surface area contributed by atoms with Crippen LogP contribution in [-0.4, -0.2) is 59.6 Å². The van der Waals surface area contributed by atoms with Gasteiger partial charge in [-0.3, -0.25) is 19.8 Å². The van der Waals surface area contributed by atoms with Crippen molar-refractivity contribution in [2.75, 3.05) is 6.54 Å². The summed E-state index contributed by atoms with van der Waals surface area (Å²) < 4.78 is 31.7. The van der Waals surface area contributed by atoms with Gasteiger partial charge in [-0.15, -0.1) is 0 Å². The van der Waals surface area contributed by atoms with Crippen molar-refractivity contribution in [1.82, 2.24) is 16.0 Å². The summed E-state index contributed by atoms with van der Waals surface area (Å²) >= 11 is 6.09. The van der Waals surface area contributed by atoms with Crippen molar-refractivity contribution in [3.05, 3.63) is 70.7 Å². The molecule has 0 aliphatic carbocycles. The number of carboxylic acid groups (broad SMARTS) is 1. The average molecular weight is 573 g/mol. The predicted molar refractivity (Wildman–Crippen MR) is 137 cm³/mol. The summed E-state index contributed by atoms with van der Waals surface area (Å²) in [5.41, 5.74) is 11.8. The minimum atomic E-state index is -5.08. The first kappa shape index (κ1) is 32.7. The fourth-order valence-corrected chi connectivity index (χ4v) is 3.25. The molecule has 15 heteroatoms. The van der Waals surface area contributed by atoms with Crippen molar-refractivity contribution in [2.24, 2.45) is 11.5 Å². The number of hydrogen-bond acceptors (Lipinski definition) is 5. The second-order valence-electron chi connectivity index (χ2n) is 7.94. The molecule has 0 bridgehead atoms. The lowest BCUT2D eigenvalue weighted by Gasteiger charge is -2.22. The summed E-state index contributed by atoms with van der Waals surface area (Å²) in [5.74, 6) is -4.70. The molecule has 39 heavy (non-hydrogen) atoms. The van der Waals surface area contributed by atoms with Gasteiger partial charge in [-0.1, -0.05) is 54.1 Å².